The minimum absolute atomic E-state index is 0.119. The van der Waals surface area contributed by atoms with Crippen LogP contribution < -0.4 is 10.6 Å². The predicted molar refractivity (Wildman–Crippen MR) is 112 cm³/mol. The van der Waals surface area contributed by atoms with Crippen LogP contribution in [0.4, 0.5) is 15.1 Å². The van der Waals surface area contributed by atoms with E-state index in [0.29, 0.717) is 10.6 Å². The molecule has 2 aromatic heterocycles. The average Bonchev–Trinajstić information content (AvgIpc) is 2.90. The molecule has 1 aromatic carbocycles. The highest BCUT2D eigenvalue weighted by atomic mass is 32.1. The molecular formula is C22H20FN3O2S. The van der Waals surface area contributed by atoms with Crippen molar-refractivity contribution < 1.29 is 14.0 Å². The van der Waals surface area contributed by atoms with E-state index in [2.05, 4.69) is 15.6 Å². The minimum atomic E-state index is -0.499. The van der Waals surface area contributed by atoms with Gasteiger partial charge in [0.05, 0.1) is 11.3 Å². The number of thiophene rings is 1. The van der Waals surface area contributed by atoms with Crippen LogP contribution in [0.3, 0.4) is 0 Å². The van der Waals surface area contributed by atoms with E-state index in [4.69, 9.17) is 0 Å². The van der Waals surface area contributed by atoms with E-state index in [-0.39, 0.29) is 17.3 Å². The van der Waals surface area contributed by atoms with Crippen LogP contribution in [0, 0.1) is 5.82 Å². The highest BCUT2D eigenvalue weighted by molar-refractivity contribution is 7.17. The largest absolute Gasteiger partial charge is 0.319 e. The fraction of sp³-hybridized carbons (Fsp3) is 0.227. The number of amides is 2. The molecule has 0 saturated heterocycles. The zero-order chi connectivity index (χ0) is 20.2. The van der Waals surface area contributed by atoms with Crippen molar-refractivity contribution in [2.45, 2.75) is 32.1 Å². The molecule has 0 unspecified atom stereocenters. The number of benzene rings is 1. The number of aryl methyl sites for hydroxylation is 1. The van der Waals surface area contributed by atoms with Gasteiger partial charge < -0.3 is 10.6 Å². The van der Waals surface area contributed by atoms with Crippen molar-refractivity contribution in [2.24, 2.45) is 0 Å². The van der Waals surface area contributed by atoms with E-state index in [0.717, 1.165) is 42.5 Å². The molecule has 1 aliphatic rings. The molecule has 148 valence electrons. The Hall–Kier alpha value is -3.06. The van der Waals surface area contributed by atoms with E-state index >= 15 is 0 Å². The first-order chi connectivity index (χ1) is 14.1. The van der Waals surface area contributed by atoms with Crippen molar-refractivity contribution in [1.82, 2.24) is 4.98 Å². The number of carbonyl (C=O) groups excluding carboxylic acids is 2. The highest BCUT2D eigenvalue weighted by Crippen LogP contribution is 2.38. The standard InChI is InChI=1S/C22H20FN3O2S/c23-15-9-4-5-10-16(15)25-21(28)19-14-8-2-1-3-12-18(14)29-22(19)26-20(27)17-11-6-7-13-24-17/h4-7,9-11,13H,1-3,8,12H2,(H,25,28)(H,26,27). The van der Waals surface area contributed by atoms with Gasteiger partial charge in [0.1, 0.15) is 16.5 Å². The smallest absolute Gasteiger partial charge is 0.274 e. The molecule has 0 bridgehead atoms. The Bertz CT molecular complexity index is 1050. The van der Waals surface area contributed by atoms with E-state index in [1.165, 1.54) is 23.5 Å². The first kappa shape index (κ1) is 19.3. The third-order valence-electron chi connectivity index (χ3n) is 4.90. The molecule has 0 spiro atoms. The van der Waals surface area contributed by atoms with Crippen LogP contribution in [0.5, 0.6) is 0 Å². The van der Waals surface area contributed by atoms with Gasteiger partial charge in [0, 0.05) is 11.1 Å². The van der Waals surface area contributed by atoms with Gasteiger partial charge in [0.25, 0.3) is 11.8 Å². The number of halogens is 1. The normalized spacial score (nSPS) is 13.3. The number of fused-ring (bicyclic) bond motifs is 1. The fourth-order valence-corrected chi connectivity index (χ4v) is 4.76. The minimum Gasteiger partial charge on any atom is -0.319 e. The van der Waals surface area contributed by atoms with Crippen molar-refractivity contribution in [1.29, 1.82) is 0 Å². The number of rotatable bonds is 4. The molecule has 4 rings (SSSR count). The molecule has 7 heteroatoms. The Morgan fingerprint density at radius 1 is 0.931 bits per heavy atom. The molecule has 2 heterocycles. The van der Waals surface area contributed by atoms with Gasteiger partial charge in [0.2, 0.25) is 0 Å². The number of hydrogen-bond donors (Lipinski definition) is 2. The Morgan fingerprint density at radius 2 is 1.72 bits per heavy atom. The lowest BCUT2D eigenvalue weighted by Gasteiger charge is -2.10. The van der Waals surface area contributed by atoms with Gasteiger partial charge in [-0.1, -0.05) is 24.6 Å². The summed E-state index contributed by atoms with van der Waals surface area (Å²) >= 11 is 1.43. The molecule has 3 aromatic rings. The molecule has 0 radical (unpaired) electrons. The summed E-state index contributed by atoms with van der Waals surface area (Å²) in [5, 5.41) is 6.00. The fourth-order valence-electron chi connectivity index (χ4n) is 3.48. The summed E-state index contributed by atoms with van der Waals surface area (Å²) in [6, 6.07) is 11.1. The summed E-state index contributed by atoms with van der Waals surface area (Å²) in [7, 11) is 0. The van der Waals surface area contributed by atoms with Crippen LogP contribution in [-0.4, -0.2) is 16.8 Å². The lowest BCUT2D eigenvalue weighted by Crippen LogP contribution is -2.19. The predicted octanol–water partition coefficient (Wildman–Crippen LogP) is 5.06. The van der Waals surface area contributed by atoms with Gasteiger partial charge in [-0.3, -0.25) is 14.6 Å². The third kappa shape index (κ3) is 4.19. The van der Waals surface area contributed by atoms with Crippen LogP contribution in [0.2, 0.25) is 0 Å². The van der Waals surface area contributed by atoms with Crippen molar-refractivity contribution in [3.05, 3.63) is 76.2 Å². The van der Waals surface area contributed by atoms with Crippen LogP contribution in [-0.2, 0) is 12.8 Å². The summed E-state index contributed by atoms with van der Waals surface area (Å²) in [5.74, 6) is -1.28. The summed E-state index contributed by atoms with van der Waals surface area (Å²) in [4.78, 5) is 30.9. The molecule has 0 saturated carbocycles. The summed E-state index contributed by atoms with van der Waals surface area (Å²) in [6.07, 6.45) is 6.33. The average molecular weight is 409 g/mol. The van der Waals surface area contributed by atoms with Gasteiger partial charge >= 0.3 is 0 Å². The molecule has 0 fully saturated rings. The second-order valence-electron chi connectivity index (χ2n) is 6.87. The van der Waals surface area contributed by atoms with Gasteiger partial charge in [-0.05, 0) is 55.5 Å². The number of anilines is 2. The quantitative estimate of drug-likeness (QED) is 0.592. The zero-order valence-electron chi connectivity index (χ0n) is 15.7. The van der Waals surface area contributed by atoms with E-state index in [1.54, 1.807) is 36.5 Å². The first-order valence-electron chi connectivity index (χ1n) is 9.56. The number of pyridine rings is 1. The molecule has 1 aliphatic carbocycles. The maximum Gasteiger partial charge on any atom is 0.274 e. The van der Waals surface area contributed by atoms with Gasteiger partial charge in [0.15, 0.2) is 0 Å². The van der Waals surface area contributed by atoms with E-state index in [9.17, 15) is 14.0 Å². The zero-order valence-corrected chi connectivity index (χ0v) is 16.5. The number of aromatic nitrogens is 1. The van der Waals surface area contributed by atoms with Crippen molar-refractivity contribution in [2.75, 3.05) is 10.6 Å². The Balaban J connectivity index is 1.68. The van der Waals surface area contributed by atoms with Crippen LogP contribution in [0.25, 0.3) is 0 Å². The summed E-state index contributed by atoms with van der Waals surface area (Å²) < 4.78 is 14.0. The lowest BCUT2D eigenvalue weighted by molar-refractivity contribution is 0.102. The first-order valence-corrected chi connectivity index (χ1v) is 10.4. The lowest BCUT2D eigenvalue weighted by atomic mass is 10.0. The van der Waals surface area contributed by atoms with Crippen LogP contribution in [0.15, 0.2) is 48.7 Å². The Labute approximate surface area is 172 Å². The second-order valence-corrected chi connectivity index (χ2v) is 7.98. The number of nitrogens with one attached hydrogen (secondary N) is 2. The van der Waals surface area contributed by atoms with E-state index < -0.39 is 11.7 Å². The maximum atomic E-state index is 14.0. The molecule has 0 atom stereocenters. The monoisotopic (exact) mass is 409 g/mol. The second kappa shape index (κ2) is 8.53. The number of para-hydroxylation sites is 1. The van der Waals surface area contributed by atoms with Crippen LogP contribution >= 0.6 is 11.3 Å². The van der Waals surface area contributed by atoms with Crippen molar-refractivity contribution in [3.8, 4) is 0 Å². The molecule has 2 amide bonds. The SMILES string of the molecule is O=C(Nc1sc2c(c1C(=O)Nc1ccccc1F)CCCCC2)c1ccccn1. The molecule has 29 heavy (non-hydrogen) atoms. The highest BCUT2D eigenvalue weighted by Gasteiger charge is 2.26. The third-order valence-corrected chi connectivity index (χ3v) is 6.10. The molecule has 5 nitrogen and oxygen atoms in total. The number of hydrogen-bond acceptors (Lipinski definition) is 4. The molecule has 0 aliphatic heterocycles. The Kier molecular flexibility index (Phi) is 5.67. The Morgan fingerprint density at radius 3 is 2.52 bits per heavy atom. The maximum absolute atomic E-state index is 14.0. The van der Waals surface area contributed by atoms with Crippen molar-refractivity contribution in [3.63, 3.8) is 0 Å². The number of nitrogens with zero attached hydrogens (tertiary/aromatic N) is 1. The van der Waals surface area contributed by atoms with E-state index in [1.807, 2.05) is 0 Å². The van der Waals surface area contributed by atoms with Gasteiger partial charge in [-0.25, -0.2) is 4.39 Å². The topological polar surface area (TPSA) is 71.1 Å². The van der Waals surface area contributed by atoms with Crippen LogP contribution in [0.1, 0.15) is 50.5 Å². The van der Waals surface area contributed by atoms with Crippen molar-refractivity contribution >= 4 is 33.8 Å². The summed E-state index contributed by atoms with van der Waals surface area (Å²) in [5.41, 5.74) is 1.78. The summed E-state index contributed by atoms with van der Waals surface area (Å²) in [6.45, 7) is 0. The molecular weight excluding hydrogens is 389 g/mol. The van der Waals surface area contributed by atoms with Gasteiger partial charge in [-0.15, -0.1) is 11.3 Å². The number of carbonyl (C=O) groups is 2. The molecule has 2 N–H and O–H groups in total. The van der Waals surface area contributed by atoms with Gasteiger partial charge in [-0.2, -0.15) is 0 Å².